The van der Waals surface area contributed by atoms with E-state index in [1.54, 1.807) is 0 Å². The molecule has 0 saturated carbocycles. The fraction of sp³-hybridized carbons (Fsp3) is 0.538. The summed E-state index contributed by atoms with van der Waals surface area (Å²) in [5.74, 6) is -2.92. The zero-order valence-corrected chi connectivity index (χ0v) is 34.2. The first-order valence-electron chi connectivity index (χ1n) is 18.8. The van der Waals surface area contributed by atoms with Crippen LogP contribution in [-0.2, 0) is 9.59 Å². The number of hydrogen-bond acceptors (Lipinski definition) is 14. The van der Waals surface area contributed by atoms with Gasteiger partial charge in [-0.1, -0.05) is 0 Å². The zero-order valence-electron chi connectivity index (χ0n) is 34.2. The van der Waals surface area contributed by atoms with Gasteiger partial charge in [-0.05, 0) is 74.9 Å². The summed E-state index contributed by atoms with van der Waals surface area (Å²) in [7, 11) is 0. The van der Waals surface area contributed by atoms with E-state index in [2.05, 4.69) is 21.3 Å². The predicted molar refractivity (Wildman–Crippen MR) is 214 cm³/mol. The number of benzene rings is 2. The van der Waals surface area contributed by atoms with Gasteiger partial charge in [0.25, 0.3) is 23.6 Å². The van der Waals surface area contributed by atoms with Crippen LogP contribution in [0.1, 0.15) is 81.2 Å². The standard InChI is InChI=1S/C39H58N6O14/c1-20-30(36(56)40-7-9-46)22(3)34(24(5)32(20)38(58)42-26(14-48)15-49)44(18-52)12-28(54)11-29(55)13-45(19-53)35-23(4)31(37(57)41-8-10-47)21(2)33(25(35)6)39(59)43-27(16-50)17-51/h18-19,26-29,46-51,54-55H,7-17H2,1-6H3,(H,40,56)(H,41,57)(H,42,58)(H,43,59). The first kappa shape index (κ1) is 50.1. The molecule has 0 aliphatic carbocycles. The van der Waals surface area contributed by atoms with Gasteiger partial charge in [-0.3, -0.25) is 28.8 Å². The van der Waals surface area contributed by atoms with Crippen molar-refractivity contribution in [2.45, 2.75) is 72.3 Å². The van der Waals surface area contributed by atoms with E-state index in [4.69, 9.17) is 0 Å². The van der Waals surface area contributed by atoms with E-state index >= 15 is 0 Å². The normalized spacial score (nSPS) is 12.2. The van der Waals surface area contributed by atoms with Crippen LogP contribution in [0.4, 0.5) is 11.4 Å². The summed E-state index contributed by atoms with van der Waals surface area (Å²) in [6.45, 7) is 4.59. The van der Waals surface area contributed by atoms with Gasteiger partial charge in [0.2, 0.25) is 12.8 Å². The molecule has 59 heavy (non-hydrogen) atoms. The van der Waals surface area contributed by atoms with Crippen LogP contribution in [-0.4, -0.2) is 167 Å². The number of rotatable bonds is 24. The molecule has 20 nitrogen and oxygen atoms in total. The van der Waals surface area contributed by atoms with Crippen molar-refractivity contribution in [3.63, 3.8) is 0 Å². The van der Waals surface area contributed by atoms with E-state index in [9.17, 15) is 69.6 Å². The molecule has 0 fully saturated rings. The van der Waals surface area contributed by atoms with Gasteiger partial charge in [-0.2, -0.15) is 0 Å². The van der Waals surface area contributed by atoms with Crippen molar-refractivity contribution in [1.29, 1.82) is 0 Å². The maximum Gasteiger partial charge on any atom is 0.252 e. The smallest absolute Gasteiger partial charge is 0.252 e. The van der Waals surface area contributed by atoms with Crippen molar-refractivity contribution in [3.05, 3.63) is 55.6 Å². The number of nitrogens with zero attached hydrogens (tertiary/aromatic N) is 2. The van der Waals surface area contributed by atoms with Crippen LogP contribution in [0.25, 0.3) is 0 Å². The minimum absolute atomic E-state index is 0.0127. The molecule has 2 aromatic carbocycles. The molecule has 20 heteroatoms. The first-order chi connectivity index (χ1) is 27.9. The highest BCUT2D eigenvalue weighted by Crippen LogP contribution is 2.36. The van der Waals surface area contributed by atoms with Crippen molar-refractivity contribution >= 4 is 47.8 Å². The Balaban J connectivity index is 2.60. The second kappa shape index (κ2) is 23.5. The maximum atomic E-state index is 13.5. The summed E-state index contributed by atoms with van der Waals surface area (Å²) < 4.78 is 0. The molecule has 6 amide bonds. The molecule has 2 rings (SSSR count). The number of aliphatic hydroxyl groups excluding tert-OH is 8. The molecule has 0 aromatic heterocycles. The van der Waals surface area contributed by atoms with Crippen molar-refractivity contribution < 1.29 is 69.6 Å². The number of amides is 6. The number of carbonyl (C=O) groups is 6. The van der Waals surface area contributed by atoms with Crippen LogP contribution in [0.5, 0.6) is 0 Å². The van der Waals surface area contributed by atoms with Crippen molar-refractivity contribution in [2.75, 3.05) is 75.6 Å². The fourth-order valence-electron chi connectivity index (χ4n) is 7.26. The summed E-state index contributed by atoms with van der Waals surface area (Å²) in [4.78, 5) is 81.0. The Labute approximate surface area is 341 Å². The quantitative estimate of drug-likeness (QED) is 0.0466. The molecule has 2 aromatic rings. The lowest BCUT2D eigenvalue weighted by atomic mass is 9.89. The van der Waals surface area contributed by atoms with E-state index in [-0.39, 0.29) is 80.1 Å². The molecule has 0 aliphatic rings. The van der Waals surface area contributed by atoms with E-state index in [1.807, 2.05) is 0 Å². The second-order valence-electron chi connectivity index (χ2n) is 14.0. The van der Waals surface area contributed by atoms with E-state index in [0.717, 1.165) is 9.80 Å². The third-order valence-electron chi connectivity index (χ3n) is 9.86. The van der Waals surface area contributed by atoms with Crippen LogP contribution in [0.3, 0.4) is 0 Å². The SMILES string of the molecule is Cc1c(C(=O)NCCO)c(C)c(N(C=O)CC(O)CC(O)CN(C=O)c2c(C)c(C(=O)NCCO)c(C)c(C(=O)NC(CO)CO)c2C)c(C)c1C(=O)NC(CO)CO. The lowest BCUT2D eigenvalue weighted by Gasteiger charge is -2.31. The largest absolute Gasteiger partial charge is 0.395 e. The van der Waals surface area contributed by atoms with Gasteiger partial charge in [-0.15, -0.1) is 0 Å². The summed E-state index contributed by atoms with van der Waals surface area (Å²) >= 11 is 0. The minimum atomic E-state index is -1.49. The molecular weight excluding hydrogens is 776 g/mol. The zero-order chi connectivity index (χ0) is 44.7. The van der Waals surface area contributed by atoms with Crippen LogP contribution in [0, 0.1) is 41.5 Å². The molecule has 0 heterocycles. The van der Waals surface area contributed by atoms with Crippen LogP contribution < -0.4 is 31.1 Å². The van der Waals surface area contributed by atoms with Crippen LogP contribution >= 0.6 is 0 Å². The first-order valence-corrected chi connectivity index (χ1v) is 18.8. The highest BCUT2D eigenvalue weighted by Gasteiger charge is 2.32. The minimum Gasteiger partial charge on any atom is -0.395 e. The molecule has 0 spiro atoms. The highest BCUT2D eigenvalue weighted by atomic mass is 16.3. The second-order valence-corrected chi connectivity index (χ2v) is 14.0. The fourth-order valence-corrected chi connectivity index (χ4v) is 7.26. The third-order valence-corrected chi connectivity index (χ3v) is 9.86. The Kier molecular flexibility index (Phi) is 20.0. The Bertz CT molecular complexity index is 1700. The molecular formula is C39H58N6O14. The van der Waals surface area contributed by atoms with Gasteiger partial charge < -0.3 is 71.9 Å². The molecule has 0 aliphatic heterocycles. The number of nitrogens with one attached hydrogen (secondary N) is 4. The van der Waals surface area contributed by atoms with Crippen molar-refractivity contribution in [1.82, 2.24) is 21.3 Å². The van der Waals surface area contributed by atoms with Gasteiger partial charge >= 0.3 is 0 Å². The molecule has 0 bridgehead atoms. The Morgan fingerprint density at radius 2 is 0.797 bits per heavy atom. The Hall–Kier alpha value is -5.06. The summed E-state index contributed by atoms with van der Waals surface area (Å²) in [6, 6.07) is -2.10. The third kappa shape index (κ3) is 12.0. The molecule has 2 atom stereocenters. The van der Waals surface area contributed by atoms with Gasteiger partial charge in [0.05, 0.1) is 88.4 Å². The van der Waals surface area contributed by atoms with E-state index in [0.29, 0.717) is 12.8 Å². The monoisotopic (exact) mass is 834 g/mol. The van der Waals surface area contributed by atoms with Gasteiger partial charge in [-0.25, -0.2) is 0 Å². The van der Waals surface area contributed by atoms with E-state index < -0.39 is 107 Å². The summed E-state index contributed by atoms with van der Waals surface area (Å²) in [5.41, 5.74) is 1.23. The molecule has 0 radical (unpaired) electrons. The van der Waals surface area contributed by atoms with Gasteiger partial charge in [0, 0.05) is 41.8 Å². The van der Waals surface area contributed by atoms with E-state index in [1.165, 1.54) is 41.5 Å². The Morgan fingerprint density at radius 1 is 0.508 bits per heavy atom. The van der Waals surface area contributed by atoms with Crippen LogP contribution in [0.2, 0.25) is 0 Å². The van der Waals surface area contributed by atoms with Crippen LogP contribution in [0.15, 0.2) is 0 Å². The number of anilines is 2. The maximum absolute atomic E-state index is 13.5. The number of hydrogen-bond donors (Lipinski definition) is 12. The Morgan fingerprint density at radius 3 is 1.05 bits per heavy atom. The average Bonchev–Trinajstić information content (AvgIpc) is 3.19. The molecule has 2 unspecified atom stereocenters. The lowest BCUT2D eigenvalue weighted by molar-refractivity contribution is -0.108. The van der Waals surface area contributed by atoms with Crippen molar-refractivity contribution in [2.24, 2.45) is 0 Å². The lowest BCUT2D eigenvalue weighted by Crippen LogP contribution is -2.42. The predicted octanol–water partition coefficient (Wildman–Crippen LogP) is -3.11. The van der Waals surface area contributed by atoms with Crippen molar-refractivity contribution in [3.8, 4) is 0 Å². The average molecular weight is 835 g/mol. The summed E-state index contributed by atoms with van der Waals surface area (Å²) in [6.07, 6.45) is -2.72. The molecule has 328 valence electrons. The van der Waals surface area contributed by atoms with Gasteiger partial charge in [0.15, 0.2) is 0 Å². The highest BCUT2D eigenvalue weighted by molar-refractivity contribution is 6.08. The number of aliphatic hydroxyl groups is 8. The van der Waals surface area contributed by atoms with Gasteiger partial charge in [0.1, 0.15) is 0 Å². The summed E-state index contributed by atoms with van der Waals surface area (Å²) in [5, 5.41) is 89.4. The number of carbonyl (C=O) groups excluding carboxylic acids is 6. The molecule has 12 N–H and O–H groups in total. The topological polar surface area (TPSA) is 319 Å². The molecule has 0 saturated heterocycles.